The third-order valence-electron chi connectivity index (χ3n) is 6.25. The van der Waals surface area contributed by atoms with E-state index in [1.807, 2.05) is 55.1 Å². The normalized spacial score (nSPS) is 20.7. The predicted molar refractivity (Wildman–Crippen MR) is 110 cm³/mol. The molecule has 0 unspecified atom stereocenters. The molecule has 150 valence electrons. The van der Waals surface area contributed by atoms with Crippen molar-refractivity contribution in [3.8, 4) is 17.0 Å². The number of rotatable bonds is 4. The van der Waals surface area contributed by atoms with Gasteiger partial charge in [0, 0.05) is 56.0 Å². The van der Waals surface area contributed by atoms with E-state index in [9.17, 15) is 4.79 Å². The molecule has 0 spiro atoms. The van der Waals surface area contributed by atoms with Crippen LogP contribution in [0.15, 0.2) is 36.5 Å². The first-order valence-electron chi connectivity index (χ1n) is 10.0. The van der Waals surface area contributed by atoms with Crippen molar-refractivity contribution in [3.63, 3.8) is 0 Å². The lowest BCUT2D eigenvalue weighted by Crippen LogP contribution is -2.44. The summed E-state index contributed by atoms with van der Waals surface area (Å²) < 4.78 is 7.50. The summed E-state index contributed by atoms with van der Waals surface area (Å²) in [6, 6.07) is 10.5. The van der Waals surface area contributed by atoms with E-state index in [-0.39, 0.29) is 11.9 Å². The maximum absolute atomic E-state index is 12.3. The molecule has 1 fully saturated rings. The number of carbonyl (C=O) groups is 1. The summed E-state index contributed by atoms with van der Waals surface area (Å²) in [5, 5.41) is 4.90. The highest BCUT2D eigenvalue weighted by Gasteiger charge is 2.42. The molecule has 1 aromatic carbocycles. The number of carbonyl (C=O) groups excluding carboxylic acids is 1. The average Bonchev–Trinajstić information content (AvgIpc) is 3.28. The highest BCUT2D eigenvalue weighted by Crippen LogP contribution is 2.43. The summed E-state index contributed by atoms with van der Waals surface area (Å²) >= 11 is 0. The van der Waals surface area contributed by atoms with Crippen molar-refractivity contribution in [2.24, 2.45) is 0 Å². The number of aromatic nitrogens is 3. The van der Waals surface area contributed by atoms with E-state index >= 15 is 0 Å². The molecule has 2 aromatic heterocycles. The third kappa shape index (κ3) is 2.88. The number of fused-ring (bicyclic) bond motifs is 6. The lowest BCUT2D eigenvalue weighted by Gasteiger charge is -2.36. The van der Waals surface area contributed by atoms with Crippen LogP contribution in [0.5, 0.6) is 5.75 Å². The second-order valence-electron chi connectivity index (χ2n) is 8.07. The van der Waals surface area contributed by atoms with E-state index in [4.69, 9.17) is 14.8 Å². The first-order chi connectivity index (χ1) is 14.1. The summed E-state index contributed by atoms with van der Waals surface area (Å²) in [6.45, 7) is 0.464. The molecule has 0 radical (unpaired) electrons. The highest BCUT2D eigenvalue weighted by atomic mass is 16.5. The second kappa shape index (κ2) is 6.84. The van der Waals surface area contributed by atoms with Gasteiger partial charge in [-0.2, -0.15) is 5.10 Å². The lowest BCUT2D eigenvalue weighted by atomic mass is 9.99. The molecule has 4 heterocycles. The van der Waals surface area contributed by atoms with Crippen LogP contribution >= 0.6 is 0 Å². The number of para-hydroxylation sites is 1. The number of hydrogen-bond donors (Lipinski definition) is 0. The second-order valence-corrected chi connectivity index (χ2v) is 8.07. The Kier molecular flexibility index (Phi) is 4.28. The molecule has 2 bridgehead atoms. The van der Waals surface area contributed by atoms with Crippen molar-refractivity contribution in [2.45, 2.75) is 31.3 Å². The van der Waals surface area contributed by atoms with Crippen LogP contribution in [0.1, 0.15) is 30.1 Å². The Morgan fingerprint density at radius 1 is 1.28 bits per heavy atom. The molecule has 0 aliphatic carbocycles. The SMILES string of the molecule is COc1ccccc1-c1cc2ncc3c(n2n1)C[C@H]1CC[C@H]3N1CC(=O)N(C)C. The van der Waals surface area contributed by atoms with E-state index in [0.29, 0.717) is 12.6 Å². The Morgan fingerprint density at radius 2 is 2.10 bits per heavy atom. The van der Waals surface area contributed by atoms with Crippen LogP contribution in [0.4, 0.5) is 0 Å². The summed E-state index contributed by atoms with van der Waals surface area (Å²) in [5.74, 6) is 0.954. The van der Waals surface area contributed by atoms with Gasteiger partial charge in [-0.15, -0.1) is 0 Å². The third-order valence-corrected chi connectivity index (χ3v) is 6.25. The van der Waals surface area contributed by atoms with Crippen LogP contribution in [0.25, 0.3) is 16.9 Å². The van der Waals surface area contributed by atoms with E-state index < -0.39 is 0 Å². The standard InChI is InChI=1S/C22H25N5O2/c1-25(2)22(28)13-26-14-8-9-18(26)16-12-23-21-11-17(24-27(21)19(16)10-14)15-6-4-5-7-20(15)29-3/h4-7,11-12,14,18H,8-10,13H2,1-3H3/t14-,18-/m1/s1. The van der Waals surface area contributed by atoms with Crippen molar-refractivity contribution in [3.05, 3.63) is 47.8 Å². The van der Waals surface area contributed by atoms with Crippen molar-refractivity contribution < 1.29 is 9.53 Å². The molecule has 2 aliphatic rings. The van der Waals surface area contributed by atoms with Crippen molar-refractivity contribution in [1.29, 1.82) is 0 Å². The summed E-state index contributed by atoms with van der Waals surface area (Å²) in [4.78, 5) is 21.0. The minimum Gasteiger partial charge on any atom is -0.496 e. The molecule has 29 heavy (non-hydrogen) atoms. The molecule has 2 atom stereocenters. The van der Waals surface area contributed by atoms with Gasteiger partial charge in [-0.1, -0.05) is 12.1 Å². The number of amides is 1. The van der Waals surface area contributed by atoms with Gasteiger partial charge in [-0.05, 0) is 25.0 Å². The van der Waals surface area contributed by atoms with Crippen LogP contribution in [-0.2, 0) is 11.2 Å². The van der Waals surface area contributed by atoms with Gasteiger partial charge in [0.05, 0.1) is 25.0 Å². The molecule has 7 nitrogen and oxygen atoms in total. The van der Waals surface area contributed by atoms with Crippen molar-refractivity contribution >= 4 is 11.6 Å². The molecule has 1 amide bonds. The smallest absolute Gasteiger partial charge is 0.236 e. The molecule has 5 rings (SSSR count). The zero-order valence-electron chi connectivity index (χ0n) is 17.0. The van der Waals surface area contributed by atoms with Crippen LogP contribution < -0.4 is 4.74 Å². The zero-order valence-corrected chi connectivity index (χ0v) is 17.0. The first-order valence-corrected chi connectivity index (χ1v) is 10.0. The molecule has 7 heteroatoms. The Bertz CT molecular complexity index is 1090. The summed E-state index contributed by atoms with van der Waals surface area (Å²) in [7, 11) is 5.31. The van der Waals surface area contributed by atoms with E-state index in [2.05, 4.69) is 4.90 Å². The van der Waals surface area contributed by atoms with Crippen molar-refractivity contribution in [2.75, 3.05) is 27.7 Å². The van der Waals surface area contributed by atoms with Crippen LogP contribution in [0.3, 0.4) is 0 Å². The number of nitrogens with zero attached hydrogens (tertiary/aromatic N) is 5. The van der Waals surface area contributed by atoms with Gasteiger partial charge in [-0.3, -0.25) is 9.69 Å². The number of methoxy groups -OCH3 is 1. The zero-order chi connectivity index (χ0) is 20.1. The van der Waals surface area contributed by atoms with Gasteiger partial charge in [0.1, 0.15) is 5.75 Å². The fourth-order valence-electron chi connectivity index (χ4n) is 4.71. The molecule has 2 aliphatic heterocycles. The summed E-state index contributed by atoms with van der Waals surface area (Å²) in [5.41, 5.74) is 5.10. The van der Waals surface area contributed by atoms with Gasteiger partial charge in [0.2, 0.25) is 5.91 Å². The Balaban J connectivity index is 1.55. The Labute approximate surface area is 169 Å². The number of benzene rings is 1. The fraction of sp³-hybridized carbons (Fsp3) is 0.409. The van der Waals surface area contributed by atoms with Gasteiger partial charge in [0.15, 0.2) is 5.65 Å². The monoisotopic (exact) mass is 391 g/mol. The number of likely N-dealkylation sites (N-methyl/N-ethyl adjacent to an activating group) is 1. The van der Waals surface area contributed by atoms with Gasteiger partial charge in [-0.25, -0.2) is 9.50 Å². The molecule has 0 saturated carbocycles. The van der Waals surface area contributed by atoms with E-state index in [1.54, 1.807) is 12.0 Å². The minimum atomic E-state index is 0.150. The van der Waals surface area contributed by atoms with E-state index in [1.165, 1.54) is 11.3 Å². The predicted octanol–water partition coefficient (Wildman–Crippen LogP) is 2.55. The number of hydrogen-bond acceptors (Lipinski definition) is 5. The maximum Gasteiger partial charge on any atom is 0.236 e. The average molecular weight is 391 g/mol. The Hall–Kier alpha value is -2.93. The lowest BCUT2D eigenvalue weighted by molar-refractivity contribution is -0.130. The quantitative estimate of drug-likeness (QED) is 0.684. The van der Waals surface area contributed by atoms with Crippen LogP contribution in [-0.4, -0.2) is 64.1 Å². The fourth-order valence-corrected chi connectivity index (χ4v) is 4.71. The van der Waals surface area contributed by atoms with E-state index in [0.717, 1.165) is 41.9 Å². The highest BCUT2D eigenvalue weighted by molar-refractivity contribution is 5.78. The first kappa shape index (κ1) is 18.1. The minimum absolute atomic E-state index is 0.150. The Morgan fingerprint density at radius 3 is 2.90 bits per heavy atom. The van der Waals surface area contributed by atoms with Crippen LogP contribution in [0.2, 0.25) is 0 Å². The maximum atomic E-state index is 12.3. The molecule has 1 saturated heterocycles. The van der Waals surface area contributed by atoms with Gasteiger partial charge in [0.25, 0.3) is 0 Å². The molecular formula is C22H25N5O2. The number of ether oxygens (including phenoxy) is 1. The molecular weight excluding hydrogens is 366 g/mol. The van der Waals surface area contributed by atoms with Crippen molar-refractivity contribution in [1.82, 2.24) is 24.4 Å². The molecule has 3 aromatic rings. The molecule has 0 N–H and O–H groups in total. The van der Waals surface area contributed by atoms with Gasteiger partial charge >= 0.3 is 0 Å². The topological polar surface area (TPSA) is 63.0 Å². The summed E-state index contributed by atoms with van der Waals surface area (Å²) in [6.07, 6.45) is 5.03. The van der Waals surface area contributed by atoms with Crippen LogP contribution in [0, 0.1) is 0 Å². The largest absolute Gasteiger partial charge is 0.496 e. The van der Waals surface area contributed by atoms with Gasteiger partial charge < -0.3 is 9.64 Å².